The van der Waals surface area contributed by atoms with Crippen LogP contribution in [0.2, 0.25) is 0 Å². The molecule has 10 heteroatoms. The number of hydrogen-bond donors (Lipinski definition) is 3. The molecule has 1 amide bonds. The zero-order valence-corrected chi connectivity index (χ0v) is 36.5. The number of nitrogens with one attached hydrogen (secondary N) is 1. The number of esters is 1. The van der Waals surface area contributed by atoms with Crippen molar-refractivity contribution >= 4 is 19.7 Å². The molecular formula is C45H86NO8P. The number of unbranched alkanes of at least 4 members (excludes halogenated alkanes) is 26. The second kappa shape index (κ2) is 42.1. The van der Waals surface area contributed by atoms with Gasteiger partial charge in [-0.1, -0.05) is 192 Å². The third-order valence-corrected chi connectivity index (χ3v) is 10.8. The van der Waals surface area contributed by atoms with Crippen molar-refractivity contribution in [3.05, 3.63) is 24.3 Å². The molecule has 2 unspecified atom stereocenters. The summed E-state index contributed by atoms with van der Waals surface area (Å²) in [7, 11) is -4.42. The molecule has 0 heterocycles. The molecule has 9 nitrogen and oxygen atoms in total. The Morgan fingerprint density at radius 1 is 0.564 bits per heavy atom. The van der Waals surface area contributed by atoms with Gasteiger partial charge in [0.1, 0.15) is 12.7 Å². The zero-order valence-electron chi connectivity index (χ0n) is 35.6. The minimum Gasteiger partial charge on any atom is -0.463 e. The first-order valence-corrected chi connectivity index (χ1v) is 24.3. The van der Waals surface area contributed by atoms with Gasteiger partial charge in [-0.05, 0) is 38.5 Å². The molecule has 0 aromatic carbocycles. The van der Waals surface area contributed by atoms with Crippen molar-refractivity contribution in [3.8, 4) is 0 Å². The van der Waals surface area contributed by atoms with Gasteiger partial charge >= 0.3 is 13.8 Å². The maximum Gasteiger partial charge on any atom is 0.472 e. The summed E-state index contributed by atoms with van der Waals surface area (Å²) >= 11 is 0. The molecule has 3 N–H and O–H groups in total. The zero-order chi connectivity index (χ0) is 40.3. The van der Waals surface area contributed by atoms with Crippen LogP contribution in [0.1, 0.15) is 219 Å². The van der Waals surface area contributed by atoms with E-state index in [0.717, 1.165) is 70.6 Å². The maximum absolute atomic E-state index is 12.1. The molecule has 0 aromatic rings. The van der Waals surface area contributed by atoms with Crippen molar-refractivity contribution in [2.75, 3.05) is 26.4 Å². The van der Waals surface area contributed by atoms with E-state index in [1.165, 1.54) is 122 Å². The minimum absolute atomic E-state index is 0.0758. The van der Waals surface area contributed by atoms with E-state index >= 15 is 0 Å². The second-order valence-corrected chi connectivity index (χ2v) is 16.8. The van der Waals surface area contributed by atoms with Crippen molar-refractivity contribution in [1.82, 2.24) is 5.32 Å². The van der Waals surface area contributed by atoms with Gasteiger partial charge in [0.05, 0.1) is 13.2 Å². The highest BCUT2D eigenvalue weighted by Gasteiger charge is 2.23. The molecule has 0 fully saturated rings. The molecule has 0 aliphatic heterocycles. The highest BCUT2D eigenvalue weighted by molar-refractivity contribution is 7.47. The lowest BCUT2D eigenvalue weighted by molar-refractivity contribution is -0.147. The van der Waals surface area contributed by atoms with Crippen LogP contribution in [0.15, 0.2) is 24.3 Å². The van der Waals surface area contributed by atoms with Crippen LogP contribution in [0, 0.1) is 0 Å². The number of allylic oxidation sites excluding steroid dienone is 4. The number of rotatable bonds is 43. The number of carbonyl (C=O) groups excluding carboxylic acids is 2. The topological polar surface area (TPSA) is 131 Å². The van der Waals surface area contributed by atoms with Gasteiger partial charge in [0.15, 0.2) is 0 Å². The summed E-state index contributed by atoms with van der Waals surface area (Å²) < 4.78 is 26.9. The molecule has 0 saturated carbocycles. The first-order chi connectivity index (χ1) is 26.8. The summed E-state index contributed by atoms with van der Waals surface area (Å²) in [5, 5.41) is 12.7. The van der Waals surface area contributed by atoms with Gasteiger partial charge in [-0.3, -0.25) is 18.6 Å². The third kappa shape index (κ3) is 43.5. The average Bonchev–Trinajstić information content (AvgIpc) is 3.17. The highest BCUT2D eigenvalue weighted by atomic mass is 31.2. The predicted molar refractivity (Wildman–Crippen MR) is 229 cm³/mol. The van der Waals surface area contributed by atoms with Crippen LogP contribution in [0.4, 0.5) is 0 Å². The number of phosphoric ester groups is 1. The quantitative estimate of drug-likeness (QED) is 0.0240. The lowest BCUT2D eigenvalue weighted by Crippen LogP contribution is -2.27. The molecule has 0 aromatic heterocycles. The molecule has 0 spiro atoms. The van der Waals surface area contributed by atoms with Crippen LogP contribution in [0.25, 0.3) is 0 Å². The monoisotopic (exact) mass is 800 g/mol. The van der Waals surface area contributed by atoms with E-state index in [9.17, 15) is 24.2 Å². The Labute approximate surface area is 338 Å². The summed E-state index contributed by atoms with van der Waals surface area (Å²) in [6.07, 6.45) is 45.4. The number of amides is 1. The molecule has 0 aliphatic rings. The van der Waals surface area contributed by atoms with E-state index in [1.807, 2.05) is 0 Å². The molecule has 0 radical (unpaired) electrons. The Hall–Kier alpha value is -1.51. The molecular weight excluding hydrogens is 713 g/mol. The Balaban J connectivity index is 3.55. The maximum atomic E-state index is 12.1. The van der Waals surface area contributed by atoms with Crippen molar-refractivity contribution in [2.45, 2.75) is 225 Å². The number of ether oxygens (including phenoxy) is 1. The summed E-state index contributed by atoms with van der Waals surface area (Å²) in [5.41, 5.74) is 0. The molecule has 0 saturated heterocycles. The fraction of sp³-hybridized carbons (Fsp3) is 0.867. The predicted octanol–water partition coefficient (Wildman–Crippen LogP) is 12.8. The standard InChI is InChI=1S/C45H86NO8P/c1-3-5-7-9-11-13-15-17-18-19-20-21-22-23-24-26-28-30-32-34-36-38-45(49)52-41-43(47)42-54-55(50,51)53-40-39-46-44(48)37-35-33-31-29-27-25-16-14-12-10-8-6-4-2/h8,10,14,16,43,47H,3-7,9,11-13,15,17-42H2,1-2H3,(H,46,48)(H,50,51)/b10-8-,16-14-. The summed E-state index contributed by atoms with van der Waals surface area (Å²) in [6.45, 7) is 3.50. The van der Waals surface area contributed by atoms with Crippen molar-refractivity contribution in [3.63, 3.8) is 0 Å². The van der Waals surface area contributed by atoms with Gasteiger partial charge in [0, 0.05) is 19.4 Å². The van der Waals surface area contributed by atoms with E-state index < -0.39 is 26.5 Å². The number of aliphatic hydroxyl groups is 1. The van der Waals surface area contributed by atoms with Crippen LogP contribution >= 0.6 is 7.82 Å². The van der Waals surface area contributed by atoms with Gasteiger partial charge in [-0.25, -0.2) is 4.57 Å². The summed E-state index contributed by atoms with van der Waals surface area (Å²) in [6, 6.07) is 0. The summed E-state index contributed by atoms with van der Waals surface area (Å²) in [4.78, 5) is 33.9. The lowest BCUT2D eigenvalue weighted by atomic mass is 10.0. The van der Waals surface area contributed by atoms with Crippen LogP contribution in [0.3, 0.4) is 0 Å². The molecule has 0 aliphatic carbocycles. The SMILES string of the molecule is CCC/C=C\C/C=C\CCCCCCCC(=O)NCCOP(=O)(O)OCC(O)COC(=O)CCCCCCCCCCCCCCCCCCCCCCC. The highest BCUT2D eigenvalue weighted by Crippen LogP contribution is 2.42. The van der Waals surface area contributed by atoms with Crippen LogP contribution in [-0.2, 0) is 27.9 Å². The minimum atomic E-state index is -4.42. The smallest absolute Gasteiger partial charge is 0.463 e. The third-order valence-electron chi connectivity index (χ3n) is 9.87. The van der Waals surface area contributed by atoms with Gasteiger partial charge < -0.3 is 20.1 Å². The van der Waals surface area contributed by atoms with E-state index in [4.69, 9.17) is 13.8 Å². The Morgan fingerprint density at radius 2 is 1.02 bits per heavy atom. The fourth-order valence-electron chi connectivity index (χ4n) is 6.42. The molecule has 55 heavy (non-hydrogen) atoms. The largest absolute Gasteiger partial charge is 0.472 e. The molecule has 0 bridgehead atoms. The van der Waals surface area contributed by atoms with Crippen LogP contribution in [-0.4, -0.2) is 54.3 Å². The van der Waals surface area contributed by atoms with Crippen molar-refractivity contribution in [2.24, 2.45) is 0 Å². The Bertz CT molecular complexity index is 959. The number of carbonyl (C=O) groups is 2. The van der Waals surface area contributed by atoms with E-state index in [1.54, 1.807) is 0 Å². The van der Waals surface area contributed by atoms with Gasteiger partial charge in [0.2, 0.25) is 5.91 Å². The molecule has 0 rings (SSSR count). The first kappa shape index (κ1) is 53.5. The second-order valence-electron chi connectivity index (χ2n) is 15.4. The Kier molecular flexibility index (Phi) is 40.9. The normalized spacial score (nSPS) is 13.5. The number of phosphoric acid groups is 1. The van der Waals surface area contributed by atoms with Gasteiger partial charge in [0.25, 0.3) is 0 Å². The van der Waals surface area contributed by atoms with E-state index in [-0.39, 0.29) is 32.1 Å². The van der Waals surface area contributed by atoms with Gasteiger partial charge in [-0.15, -0.1) is 0 Å². The van der Waals surface area contributed by atoms with Gasteiger partial charge in [-0.2, -0.15) is 0 Å². The van der Waals surface area contributed by atoms with Crippen molar-refractivity contribution in [1.29, 1.82) is 0 Å². The summed E-state index contributed by atoms with van der Waals surface area (Å²) in [5.74, 6) is -0.524. The molecule has 324 valence electrons. The fourth-order valence-corrected chi connectivity index (χ4v) is 7.18. The number of aliphatic hydroxyl groups excluding tert-OH is 1. The number of hydrogen-bond acceptors (Lipinski definition) is 7. The van der Waals surface area contributed by atoms with Crippen molar-refractivity contribution < 1.29 is 37.9 Å². The first-order valence-electron chi connectivity index (χ1n) is 22.8. The molecule has 2 atom stereocenters. The average molecular weight is 800 g/mol. The van der Waals surface area contributed by atoms with E-state index in [0.29, 0.717) is 6.42 Å². The van der Waals surface area contributed by atoms with Crippen LogP contribution in [0.5, 0.6) is 0 Å². The van der Waals surface area contributed by atoms with Crippen LogP contribution < -0.4 is 5.32 Å². The lowest BCUT2D eigenvalue weighted by Gasteiger charge is -2.15. The Morgan fingerprint density at radius 3 is 1.53 bits per heavy atom. The van der Waals surface area contributed by atoms with E-state index in [2.05, 4.69) is 43.5 Å².